The Bertz CT molecular complexity index is 230. The fourth-order valence-corrected chi connectivity index (χ4v) is 2.79. The van der Waals surface area contributed by atoms with Crippen molar-refractivity contribution < 1.29 is 0 Å². The van der Waals surface area contributed by atoms with E-state index in [4.69, 9.17) is 5.73 Å². The van der Waals surface area contributed by atoms with Gasteiger partial charge in [-0.05, 0) is 59.3 Å². The van der Waals surface area contributed by atoms with Crippen LogP contribution in [0.3, 0.4) is 0 Å². The largest absolute Gasteiger partial charge is 0.329 e. The predicted molar refractivity (Wildman–Crippen MR) is 75.2 cm³/mol. The molecule has 102 valence electrons. The Morgan fingerprint density at radius 1 is 1.47 bits per heavy atom. The van der Waals surface area contributed by atoms with Gasteiger partial charge in [0.2, 0.25) is 0 Å². The molecule has 2 N–H and O–H groups in total. The van der Waals surface area contributed by atoms with E-state index in [1.807, 2.05) is 0 Å². The highest BCUT2D eigenvalue weighted by molar-refractivity contribution is 4.97. The van der Waals surface area contributed by atoms with Crippen LogP contribution in [-0.4, -0.2) is 55.1 Å². The smallest absolute Gasteiger partial charge is 0.0355 e. The minimum Gasteiger partial charge on any atom is -0.329 e. The molecule has 0 radical (unpaired) electrons. The summed E-state index contributed by atoms with van der Waals surface area (Å²) >= 11 is 0. The summed E-state index contributed by atoms with van der Waals surface area (Å²) in [5, 5.41) is 0. The van der Waals surface area contributed by atoms with Crippen molar-refractivity contribution in [2.75, 3.05) is 33.7 Å². The van der Waals surface area contributed by atoms with Gasteiger partial charge < -0.3 is 10.6 Å². The highest BCUT2D eigenvalue weighted by Crippen LogP contribution is 2.30. The number of rotatable bonds is 5. The minimum atomic E-state index is 0.237. The monoisotopic (exact) mass is 241 g/mol. The standard InChI is InChI=1S/C14H31N3/c1-12(2)6-8-17(5)14(11-15)7-9-16(4)13(3)10-14/h12-13H,6-11,15H2,1-5H3. The molecule has 1 fully saturated rings. The molecule has 0 bridgehead atoms. The van der Waals surface area contributed by atoms with Gasteiger partial charge in [0.1, 0.15) is 0 Å². The van der Waals surface area contributed by atoms with E-state index in [-0.39, 0.29) is 5.54 Å². The zero-order chi connectivity index (χ0) is 13.1. The number of nitrogens with zero attached hydrogens (tertiary/aromatic N) is 2. The predicted octanol–water partition coefficient (Wildman–Crippen LogP) is 1.78. The fourth-order valence-electron chi connectivity index (χ4n) is 2.79. The molecule has 1 rings (SSSR count). The maximum Gasteiger partial charge on any atom is 0.0355 e. The minimum absolute atomic E-state index is 0.237. The summed E-state index contributed by atoms with van der Waals surface area (Å²) in [5.74, 6) is 0.774. The number of likely N-dealkylation sites (tertiary alicyclic amines) is 1. The second-order valence-electron chi connectivity index (χ2n) is 6.32. The number of hydrogen-bond acceptors (Lipinski definition) is 3. The highest BCUT2D eigenvalue weighted by atomic mass is 15.2. The lowest BCUT2D eigenvalue weighted by molar-refractivity contribution is 0.0246. The van der Waals surface area contributed by atoms with Crippen molar-refractivity contribution in [1.29, 1.82) is 0 Å². The highest BCUT2D eigenvalue weighted by Gasteiger charge is 2.38. The number of likely N-dealkylation sites (N-methyl/N-ethyl adjacent to an activating group) is 1. The van der Waals surface area contributed by atoms with E-state index in [2.05, 4.69) is 44.7 Å². The van der Waals surface area contributed by atoms with Crippen LogP contribution in [0.1, 0.15) is 40.0 Å². The van der Waals surface area contributed by atoms with Crippen LogP contribution in [0.25, 0.3) is 0 Å². The van der Waals surface area contributed by atoms with Crippen molar-refractivity contribution >= 4 is 0 Å². The molecule has 1 aliphatic rings. The van der Waals surface area contributed by atoms with Crippen molar-refractivity contribution in [1.82, 2.24) is 9.80 Å². The van der Waals surface area contributed by atoms with Crippen molar-refractivity contribution in [3.63, 3.8) is 0 Å². The summed E-state index contributed by atoms with van der Waals surface area (Å²) < 4.78 is 0. The maximum absolute atomic E-state index is 6.09. The van der Waals surface area contributed by atoms with Gasteiger partial charge in [-0.1, -0.05) is 13.8 Å². The van der Waals surface area contributed by atoms with Crippen LogP contribution in [0, 0.1) is 5.92 Å². The Kier molecular flexibility index (Phi) is 5.42. The third-order valence-electron chi connectivity index (χ3n) is 4.59. The average Bonchev–Trinajstić information content (AvgIpc) is 2.29. The molecule has 3 nitrogen and oxygen atoms in total. The Labute approximate surface area is 107 Å². The zero-order valence-corrected chi connectivity index (χ0v) is 12.4. The van der Waals surface area contributed by atoms with E-state index in [1.165, 1.54) is 32.4 Å². The van der Waals surface area contributed by atoms with Gasteiger partial charge in [0, 0.05) is 18.1 Å². The number of hydrogen-bond donors (Lipinski definition) is 1. The number of nitrogens with two attached hydrogens (primary N) is 1. The topological polar surface area (TPSA) is 32.5 Å². The lowest BCUT2D eigenvalue weighted by atomic mass is 9.82. The Morgan fingerprint density at radius 3 is 2.59 bits per heavy atom. The second-order valence-corrected chi connectivity index (χ2v) is 6.32. The molecule has 0 aromatic heterocycles. The maximum atomic E-state index is 6.09. The summed E-state index contributed by atoms with van der Waals surface area (Å²) in [4.78, 5) is 4.97. The van der Waals surface area contributed by atoms with E-state index < -0.39 is 0 Å². The molecular formula is C14H31N3. The van der Waals surface area contributed by atoms with Crippen molar-refractivity contribution in [3.05, 3.63) is 0 Å². The van der Waals surface area contributed by atoms with E-state index in [9.17, 15) is 0 Å². The van der Waals surface area contributed by atoms with Gasteiger partial charge in [0.15, 0.2) is 0 Å². The molecule has 0 saturated carbocycles. The molecule has 17 heavy (non-hydrogen) atoms. The molecule has 1 saturated heterocycles. The van der Waals surface area contributed by atoms with E-state index in [0.29, 0.717) is 6.04 Å². The Hall–Kier alpha value is -0.120. The van der Waals surface area contributed by atoms with Crippen LogP contribution < -0.4 is 5.73 Å². The lowest BCUT2D eigenvalue weighted by Gasteiger charge is -2.49. The summed E-state index contributed by atoms with van der Waals surface area (Å²) in [6.45, 7) is 10.0. The van der Waals surface area contributed by atoms with Crippen LogP contribution in [0.15, 0.2) is 0 Å². The first kappa shape index (κ1) is 14.9. The molecule has 1 heterocycles. The van der Waals surface area contributed by atoms with E-state index in [1.54, 1.807) is 0 Å². The molecule has 2 unspecified atom stereocenters. The first-order chi connectivity index (χ1) is 7.91. The van der Waals surface area contributed by atoms with Crippen LogP contribution >= 0.6 is 0 Å². The summed E-state index contributed by atoms with van der Waals surface area (Å²) in [5.41, 5.74) is 6.33. The SMILES string of the molecule is CC(C)CCN(C)C1(CN)CCN(C)C(C)C1. The molecular weight excluding hydrogens is 210 g/mol. The van der Waals surface area contributed by atoms with Crippen molar-refractivity contribution in [3.8, 4) is 0 Å². The average molecular weight is 241 g/mol. The van der Waals surface area contributed by atoms with Gasteiger partial charge in [-0.3, -0.25) is 4.90 Å². The second kappa shape index (κ2) is 6.17. The van der Waals surface area contributed by atoms with Crippen LogP contribution in [-0.2, 0) is 0 Å². The molecule has 0 aromatic carbocycles. The van der Waals surface area contributed by atoms with Crippen molar-refractivity contribution in [2.45, 2.75) is 51.6 Å². The summed E-state index contributed by atoms with van der Waals surface area (Å²) in [6, 6.07) is 0.647. The molecule has 0 aliphatic carbocycles. The van der Waals surface area contributed by atoms with Crippen LogP contribution in [0.5, 0.6) is 0 Å². The molecule has 3 heteroatoms. The molecule has 0 aromatic rings. The third kappa shape index (κ3) is 3.67. The quantitative estimate of drug-likeness (QED) is 0.796. The first-order valence-electron chi connectivity index (χ1n) is 7.03. The molecule has 2 atom stereocenters. The van der Waals surface area contributed by atoms with E-state index in [0.717, 1.165) is 12.5 Å². The van der Waals surface area contributed by atoms with Gasteiger partial charge in [0.25, 0.3) is 0 Å². The summed E-state index contributed by atoms with van der Waals surface area (Å²) in [7, 11) is 4.48. The van der Waals surface area contributed by atoms with Gasteiger partial charge in [-0.15, -0.1) is 0 Å². The molecule has 0 amide bonds. The van der Waals surface area contributed by atoms with Crippen LogP contribution in [0.2, 0.25) is 0 Å². The van der Waals surface area contributed by atoms with Gasteiger partial charge >= 0.3 is 0 Å². The van der Waals surface area contributed by atoms with Crippen molar-refractivity contribution in [2.24, 2.45) is 11.7 Å². The Balaban J connectivity index is 2.61. The molecule has 0 spiro atoms. The third-order valence-corrected chi connectivity index (χ3v) is 4.59. The first-order valence-corrected chi connectivity index (χ1v) is 7.03. The summed E-state index contributed by atoms with van der Waals surface area (Å²) in [6.07, 6.45) is 3.68. The molecule has 1 aliphatic heterocycles. The van der Waals surface area contributed by atoms with Gasteiger partial charge in [-0.2, -0.15) is 0 Å². The lowest BCUT2D eigenvalue weighted by Crippen LogP contribution is -2.60. The van der Waals surface area contributed by atoms with Gasteiger partial charge in [-0.25, -0.2) is 0 Å². The fraction of sp³-hybridized carbons (Fsp3) is 1.00. The van der Waals surface area contributed by atoms with E-state index >= 15 is 0 Å². The van der Waals surface area contributed by atoms with Crippen LogP contribution in [0.4, 0.5) is 0 Å². The normalized spacial score (nSPS) is 31.4. The zero-order valence-electron chi connectivity index (χ0n) is 12.4. The Morgan fingerprint density at radius 2 is 2.12 bits per heavy atom. The van der Waals surface area contributed by atoms with Gasteiger partial charge in [0.05, 0.1) is 0 Å². The number of piperidine rings is 1.